The van der Waals surface area contributed by atoms with E-state index in [0.717, 1.165) is 36.2 Å². The molecule has 0 unspecified atom stereocenters. The molecule has 4 bridgehead atoms. The zero-order valence-corrected chi connectivity index (χ0v) is 20.4. The summed E-state index contributed by atoms with van der Waals surface area (Å²) in [6.45, 7) is 2.67. The number of carbonyl (C=O) groups excluding carboxylic acids is 2. The molecule has 1 aromatic carbocycles. The highest BCUT2D eigenvalue weighted by atomic mass is 19.1. The standard InChI is InChI=1S/C28H36FNO4/c1-3-33-26(32)28(6-7-28)30(2)25(31)22-11-21(20-4-5-20)24(12-23(22)29)34-16-27-13-17-8-18(14-27)10-19(9-17)15-27/h11-12,17-20H,3-10,13-16H2,1-2H3. The first-order chi connectivity index (χ1) is 16.3. The second kappa shape index (κ2) is 7.96. The van der Waals surface area contributed by atoms with Crippen molar-refractivity contribution in [3.63, 3.8) is 0 Å². The van der Waals surface area contributed by atoms with Crippen molar-refractivity contribution in [2.45, 2.75) is 82.6 Å². The molecule has 0 spiro atoms. The second-order valence-electron chi connectivity index (χ2n) is 12.0. The van der Waals surface area contributed by atoms with E-state index in [1.165, 1.54) is 49.5 Å². The lowest BCUT2D eigenvalue weighted by molar-refractivity contribution is -0.149. The average molecular weight is 470 g/mol. The van der Waals surface area contributed by atoms with E-state index in [-0.39, 0.29) is 17.6 Å². The van der Waals surface area contributed by atoms with Gasteiger partial charge in [-0.3, -0.25) is 4.79 Å². The Morgan fingerprint density at radius 3 is 2.21 bits per heavy atom. The summed E-state index contributed by atoms with van der Waals surface area (Å²) < 4.78 is 26.9. The molecule has 0 atom stereocenters. The molecular formula is C28H36FNO4. The molecule has 0 radical (unpaired) electrons. The summed E-state index contributed by atoms with van der Waals surface area (Å²) >= 11 is 0. The first-order valence-corrected chi connectivity index (χ1v) is 13.2. The van der Waals surface area contributed by atoms with Gasteiger partial charge < -0.3 is 14.4 Å². The van der Waals surface area contributed by atoms with Crippen molar-refractivity contribution < 1.29 is 23.5 Å². The Kier molecular flexibility index (Phi) is 5.23. The monoisotopic (exact) mass is 469 g/mol. The molecule has 0 N–H and O–H groups in total. The van der Waals surface area contributed by atoms with Crippen LogP contribution >= 0.6 is 0 Å². The number of halogens is 1. The lowest BCUT2D eigenvalue weighted by atomic mass is 9.50. The first-order valence-electron chi connectivity index (χ1n) is 13.2. The Morgan fingerprint density at radius 1 is 1.06 bits per heavy atom. The van der Waals surface area contributed by atoms with Crippen molar-refractivity contribution in [2.75, 3.05) is 20.3 Å². The van der Waals surface area contributed by atoms with Crippen LogP contribution in [0.3, 0.4) is 0 Å². The van der Waals surface area contributed by atoms with Crippen LogP contribution in [0.5, 0.6) is 5.75 Å². The minimum absolute atomic E-state index is 0.0297. The molecule has 6 fully saturated rings. The van der Waals surface area contributed by atoms with E-state index in [1.54, 1.807) is 20.0 Å². The smallest absolute Gasteiger partial charge is 0.332 e. The summed E-state index contributed by atoms with van der Waals surface area (Å²) in [7, 11) is 1.58. The number of esters is 1. The van der Waals surface area contributed by atoms with Crippen LogP contribution in [0.25, 0.3) is 0 Å². The highest BCUT2D eigenvalue weighted by molar-refractivity contribution is 5.99. The maximum Gasteiger partial charge on any atom is 0.332 e. The van der Waals surface area contributed by atoms with Gasteiger partial charge in [0, 0.05) is 18.5 Å². The van der Waals surface area contributed by atoms with Crippen molar-refractivity contribution >= 4 is 11.9 Å². The van der Waals surface area contributed by atoms with Crippen molar-refractivity contribution in [3.8, 4) is 5.75 Å². The molecule has 0 aromatic heterocycles. The van der Waals surface area contributed by atoms with Gasteiger partial charge in [0.1, 0.15) is 17.1 Å². The van der Waals surface area contributed by atoms with E-state index in [2.05, 4.69) is 0 Å². The summed E-state index contributed by atoms with van der Waals surface area (Å²) in [5.74, 6) is 2.05. The minimum Gasteiger partial charge on any atom is -0.493 e. The van der Waals surface area contributed by atoms with E-state index in [1.807, 2.05) is 0 Å². The fraction of sp³-hybridized carbons (Fsp3) is 0.714. The van der Waals surface area contributed by atoms with Crippen LogP contribution in [0, 0.1) is 29.0 Å². The zero-order valence-electron chi connectivity index (χ0n) is 20.4. The van der Waals surface area contributed by atoms with Gasteiger partial charge in [-0.05, 0) is 106 Å². The van der Waals surface area contributed by atoms with Crippen LogP contribution in [0.1, 0.15) is 93.0 Å². The van der Waals surface area contributed by atoms with E-state index < -0.39 is 23.2 Å². The number of carbonyl (C=O) groups is 2. The third-order valence-electron chi connectivity index (χ3n) is 9.37. The Bertz CT molecular complexity index is 977. The summed E-state index contributed by atoms with van der Waals surface area (Å²) in [4.78, 5) is 27.1. The SMILES string of the molecule is CCOC(=O)C1(N(C)C(=O)c2cc(C3CC3)c(OCC34CC5CC(CC(C5)C3)C4)cc2F)CC1. The molecular weight excluding hydrogens is 433 g/mol. The molecule has 5 nitrogen and oxygen atoms in total. The number of benzene rings is 1. The molecule has 0 aliphatic heterocycles. The number of likely N-dealkylation sites (N-methyl/N-ethyl adjacent to an activating group) is 1. The molecule has 1 amide bonds. The molecule has 6 aliphatic rings. The van der Waals surface area contributed by atoms with Crippen molar-refractivity contribution in [2.24, 2.45) is 23.2 Å². The highest BCUT2D eigenvalue weighted by Gasteiger charge is 2.57. The maximum absolute atomic E-state index is 15.3. The van der Waals surface area contributed by atoms with Crippen molar-refractivity contribution in [1.29, 1.82) is 0 Å². The molecule has 0 heterocycles. The van der Waals surface area contributed by atoms with Gasteiger partial charge in [0.15, 0.2) is 0 Å². The topological polar surface area (TPSA) is 55.8 Å². The molecule has 0 saturated heterocycles. The fourth-order valence-corrected chi connectivity index (χ4v) is 7.71. The lowest BCUT2D eigenvalue weighted by Crippen LogP contribution is -2.48. The molecule has 6 heteroatoms. The van der Waals surface area contributed by atoms with Gasteiger partial charge in [-0.25, -0.2) is 9.18 Å². The van der Waals surface area contributed by atoms with Crippen molar-refractivity contribution in [3.05, 3.63) is 29.1 Å². The number of ether oxygens (including phenoxy) is 2. The second-order valence-corrected chi connectivity index (χ2v) is 12.0. The Labute approximate surface area is 201 Å². The zero-order chi connectivity index (χ0) is 23.7. The van der Waals surface area contributed by atoms with Gasteiger partial charge in [-0.1, -0.05) is 0 Å². The lowest BCUT2D eigenvalue weighted by Gasteiger charge is -2.56. The van der Waals surface area contributed by atoms with Gasteiger partial charge in [-0.15, -0.1) is 0 Å². The van der Waals surface area contributed by atoms with E-state index in [0.29, 0.717) is 31.1 Å². The number of hydrogen-bond donors (Lipinski definition) is 0. The summed E-state index contributed by atoms with van der Waals surface area (Å²) in [5, 5.41) is 0. The first kappa shape index (κ1) is 22.4. The molecule has 184 valence electrons. The number of amides is 1. The molecule has 7 rings (SSSR count). The Hall–Kier alpha value is -2.11. The van der Waals surface area contributed by atoms with Gasteiger partial charge >= 0.3 is 5.97 Å². The molecule has 1 aromatic rings. The third kappa shape index (κ3) is 3.72. The number of rotatable bonds is 8. The van der Waals surface area contributed by atoms with Crippen LogP contribution in [-0.2, 0) is 9.53 Å². The van der Waals surface area contributed by atoms with Crippen LogP contribution < -0.4 is 4.74 Å². The third-order valence-corrected chi connectivity index (χ3v) is 9.37. The Morgan fingerprint density at radius 2 is 1.68 bits per heavy atom. The summed E-state index contributed by atoms with van der Waals surface area (Å²) in [6, 6.07) is 3.13. The van der Waals surface area contributed by atoms with Gasteiger partial charge in [0.2, 0.25) is 0 Å². The Balaban J connectivity index is 1.22. The normalized spacial score (nSPS) is 32.4. The van der Waals surface area contributed by atoms with Crippen LogP contribution in [-0.4, -0.2) is 42.6 Å². The van der Waals surface area contributed by atoms with Crippen LogP contribution in [0.4, 0.5) is 4.39 Å². The molecule has 6 saturated carbocycles. The molecule has 6 aliphatic carbocycles. The largest absolute Gasteiger partial charge is 0.493 e. The molecule has 34 heavy (non-hydrogen) atoms. The van der Waals surface area contributed by atoms with Crippen molar-refractivity contribution in [1.82, 2.24) is 4.90 Å². The van der Waals surface area contributed by atoms with E-state index >= 15 is 4.39 Å². The summed E-state index contributed by atoms with van der Waals surface area (Å²) in [6.07, 6.45) is 11.1. The highest BCUT2D eigenvalue weighted by Crippen LogP contribution is 2.60. The number of hydrogen-bond acceptors (Lipinski definition) is 4. The number of nitrogens with zero attached hydrogens (tertiary/aromatic N) is 1. The van der Waals surface area contributed by atoms with Crippen LogP contribution in [0.15, 0.2) is 12.1 Å². The fourth-order valence-electron chi connectivity index (χ4n) is 7.71. The predicted molar refractivity (Wildman–Crippen MR) is 125 cm³/mol. The quantitative estimate of drug-likeness (QED) is 0.474. The van der Waals surface area contributed by atoms with Crippen LogP contribution in [0.2, 0.25) is 0 Å². The minimum atomic E-state index is -0.951. The van der Waals surface area contributed by atoms with Gasteiger partial charge in [0.05, 0.1) is 18.8 Å². The predicted octanol–water partition coefficient (Wildman–Crippen LogP) is 5.47. The van der Waals surface area contributed by atoms with Gasteiger partial charge in [-0.2, -0.15) is 0 Å². The van der Waals surface area contributed by atoms with Gasteiger partial charge in [0.25, 0.3) is 5.91 Å². The average Bonchev–Trinajstić information content (AvgIpc) is 3.70. The maximum atomic E-state index is 15.3. The van der Waals surface area contributed by atoms with E-state index in [9.17, 15) is 9.59 Å². The summed E-state index contributed by atoms with van der Waals surface area (Å²) in [5.41, 5.74) is 0.275. The van der Waals surface area contributed by atoms with E-state index in [4.69, 9.17) is 9.47 Å².